The molecule has 3 heterocycles. The average molecular weight is 450 g/mol. The first kappa shape index (κ1) is 21.7. The second-order valence-electron chi connectivity index (χ2n) is 9.59. The van der Waals surface area contributed by atoms with E-state index in [0.717, 1.165) is 49.8 Å². The van der Waals surface area contributed by atoms with Crippen molar-refractivity contribution in [2.75, 3.05) is 18.0 Å². The van der Waals surface area contributed by atoms with E-state index in [1.54, 1.807) is 14.4 Å². The van der Waals surface area contributed by atoms with Gasteiger partial charge in [-0.2, -0.15) is 0 Å². The van der Waals surface area contributed by atoms with Gasteiger partial charge in [-0.25, -0.2) is 4.98 Å². The molecule has 2 aliphatic heterocycles. The highest BCUT2D eigenvalue weighted by atomic mass is 16.2. The van der Waals surface area contributed by atoms with Crippen LogP contribution in [0.1, 0.15) is 72.5 Å². The molecule has 1 N–H and O–H groups in total. The number of aromatic nitrogens is 2. The fourth-order valence-corrected chi connectivity index (χ4v) is 5.51. The molecule has 5 rings (SSSR count). The summed E-state index contributed by atoms with van der Waals surface area (Å²) in [5.74, 6) is -0.699. The van der Waals surface area contributed by atoms with Crippen LogP contribution >= 0.6 is 0 Å². The zero-order valence-corrected chi connectivity index (χ0v) is 19.3. The van der Waals surface area contributed by atoms with Crippen molar-refractivity contribution >= 4 is 23.4 Å². The Balaban J connectivity index is 1.47. The summed E-state index contributed by atoms with van der Waals surface area (Å²) >= 11 is 0. The maximum Gasteiger partial charge on any atom is 0.279 e. The Labute approximate surface area is 194 Å². The van der Waals surface area contributed by atoms with E-state index in [9.17, 15) is 14.4 Å². The van der Waals surface area contributed by atoms with Crippen molar-refractivity contribution in [2.24, 2.45) is 0 Å². The van der Waals surface area contributed by atoms with E-state index >= 15 is 0 Å². The van der Waals surface area contributed by atoms with Crippen LogP contribution in [-0.2, 0) is 17.8 Å². The summed E-state index contributed by atoms with van der Waals surface area (Å²) in [6, 6.07) is 8.00. The lowest BCUT2D eigenvalue weighted by Crippen LogP contribution is -2.65. The van der Waals surface area contributed by atoms with Gasteiger partial charge in [0.1, 0.15) is 11.2 Å². The van der Waals surface area contributed by atoms with E-state index in [1.807, 2.05) is 38.1 Å². The highest BCUT2D eigenvalue weighted by Gasteiger charge is 2.49. The Morgan fingerprint density at radius 3 is 2.73 bits per heavy atom. The molecule has 1 saturated carbocycles. The van der Waals surface area contributed by atoms with Crippen LogP contribution in [0.5, 0.6) is 0 Å². The highest BCUT2D eigenvalue weighted by molar-refractivity contribution is 6.13. The van der Waals surface area contributed by atoms with E-state index < -0.39 is 5.54 Å². The van der Waals surface area contributed by atoms with Crippen LogP contribution in [0, 0.1) is 0 Å². The predicted molar refractivity (Wildman–Crippen MR) is 124 cm³/mol. The van der Waals surface area contributed by atoms with Crippen molar-refractivity contribution in [3.63, 3.8) is 0 Å². The summed E-state index contributed by atoms with van der Waals surface area (Å²) in [6.45, 7) is 5.11. The van der Waals surface area contributed by atoms with Crippen LogP contribution in [0.4, 0.5) is 5.69 Å². The topological polar surface area (TPSA) is 87.5 Å². The number of fused-ring (bicyclic) bond motifs is 2. The number of nitrogens with one attached hydrogen (secondary N) is 1. The zero-order valence-electron chi connectivity index (χ0n) is 19.3. The molecule has 1 fully saturated rings. The van der Waals surface area contributed by atoms with E-state index in [2.05, 4.69) is 10.3 Å². The van der Waals surface area contributed by atoms with Crippen LogP contribution in [0.15, 0.2) is 30.6 Å². The molecular weight excluding hydrogens is 418 g/mol. The van der Waals surface area contributed by atoms with Crippen LogP contribution in [-0.4, -0.2) is 56.8 Å². The lowest BCUT2D eigenvalue weighted by molar-refractivity contribution is -0.133. The van der Waals surface area contributed by atoms with E-state index in [1.165, 1.54) is 6.33 Å². The van der Waals surface area contributed by atoms with Gasteiger partial charge in [0.2, 0.25) is 5.91 Å². The molecule has 0 spiro atoms. The molecule has 33 heavy (non-hydrogen) atoms. The Morgan fingerprint density at radius 1 is 1.21 bits per heavy atom. The van der Waals surface area contributed by atoms with Crippen molar-refractivity contribution in [2.45, 2.75) is 70.5 Å². The first-order chi connectivity index (χ1) is 15.9. The standard InChI is InChI=1S/C25H31N5O3/c1-3-13-30-23(32)21-20(22(31)29-14-12-17-8-4-7-11-19(17)29)26-16-28(21)15-25(30,2)24(33)27-18-9-5-6-10-18/h4,7-8,11,16,18H,3,5-6,9-10,12-15H2,1-2H3,(H,27,33)/t25-/m0/s1. The number of hydrogen-bond acceptors (Lipinski definition) is 4. The third-order valence-corrected chi connectivity index (χ3v) is 7.32. The van der Waals surface area contributed by atoms with Crippen LogP contribution in [0.25, 0.3) is 0 Å². The van der Waals surface area contributed by atoms with Crippen molar-refractivity contribution in [3.05, 3.63) is 47.5 Å². The van der Waals surface area contributed by atoms with Crippen molar-refractivity contribution in [1.29, 1.82) is 0 Å². The molecular formula is C25H31N5O3. The molecule has 0 radical (unpaired) electrons. The number of amides is 3. The van der Waals surface area contributed by atoms with Crippen molar-refractivity contribution in [3.8, 4) is 0 Å². The monoisotopic (exact) mass is 449 g/mol. The highest BCUT2D eigenvalue weighted by Crippen LogP contribution is 2.33. The molecule has 0 unspecified atom stereocenters. The van der Waals surface area contributed by atoms with Gasteiger partial charge in [-0.15, -0.1) is 0 Å². The third-order valence-electron chi connectivity index (χ3n) is 7.32. The number of nitrogens with zero attached hydrogens (tertiary/aromatic N) is 4. The first-order valence-corrected chi connectivity index (χ1v) is 12.0. The molecule has 3 aliphatic rings. The minimum absolute atomic E-state index is 0.128. The second kappa shape index (κ2) is 8.32. The average Bonchev–Trinajstić information content (AvgIpc) is 3.55. The van der Waals surface area contributed by atoms with E-state index in [0.29, 0.717) is 13.1 Å². The van der Waals surface area contributed by atoms with Gasteiger partial charge < -0.3 is 19.7 Å². The SMILES string of the molecule is CCCN1C(=O)c2c(C(=O)N3CCc4ccccc43)ncn2C[C@@]1(C)C(=O)NC1CCCC1. The molecule has 3 amide bonds. The molecule has 1 aromatic carbocycles. The molecule has 8 heteroatoms. The van der Waals surface area contributed by atoms with Crippen LogP contribution < -0.4 is 10.2 Å². The van der Waals surface area contributed by atoms with Gasteiger partial charge >= 0.3 is 0 Å². The third kappa shape index (κ3) is 3.52. The quantitative estimate of drug-likeness (QED) is 0.760. The second-order valence-corrected chi connectivity index (χ2v) is 9.59. The number of rotatable bonds is 5. The zero-order chi connectivity index (χ0) is 23.2. The molecule has 8 nitrogen and oxygen atoms in total. The summed E-state index contributed by atoms with van der Waals surface area (Å²) in [5, 5.41) is 3.17. The minimum atomic E-state index is -1.02. The Hall–Kier alpha value is -3.16. The number of hydrogen-bond donors (Lipinski definition) is 1. The van der Waals surface area contributed by atoms with Crippen molar-refractivity contribution < 1.29 is 14.4 Å². The van der Waals surface area contributed by atoms with Gasteiger partial charge in [0, 0.05) is 24.8 Å². The molecule has 0 bridgehead atoms. The summed E-state index contributed by atoms with van der Waals surface area (Å²) in [7, 11) is 0. The van der Waals surface area contributed by atoms with Gasteiger partial charge in [-0.1, -0.05) is 38.0 Å². The Bertz CT molecular complexity index is 1100. The maximum absolute atomic E-state index is 13.7. The van der Waals surface area contributed by atoms with E-state index in [-0.39, 0.29) is 41.7 Å². The fraction of sp³-hybridized carbons (Fsp3) is 0.520. The maximum atomic E-state index is 13.7. The number of carbonyl (C=O) groups is 3. The van der Waals surface area contributed by atoms with Gasteiger partial charge in [-0.3, -0.25) is 14.4 Å². The fourth-order valence-electron chi connectivity index (χ4n) is 5.51. The predicted octanol–water partition coefficient (Wildman–Crippen LogP) is 2.77. The Morgan fingerprint density at radius 2 is 1.97 bits per heavy atom. The lowest BCUT2D eigenvalue weighted by Gasteiger charge is -2.44. The normalized spacial score (nSPS) is 22.4. The molecule has 1 aliphatic carbocycles. The van der Waals surface area contributed by atoms with E-state index in [4.69, 9.17) is 0 Å². The molecule has 1 atom stereocenters. The molecule has 1 aromatic heterocycles. The minimum Gasteiger partial charge on any atom is -0.351 e. The van der Waals surface area contributed by atoms with Crippen molar-refractivity contribution in [1.82, 2.24) is 19.8 Å². The summed E-state index contributed by atoms with van der Waals surface area (Å²) in [5.41, 5.74) is 1.41. The van der Waals surface area contributed by atoms with Gasteiger partial charge in [0.05, 0.1) is 12.9 Å². The summed E-state index contributed by atoms with van der Waals surface area (Å²) in [6.07, 6.45) is 7.24. The van der Waals surface area contributed by atoms with Crippen LogP contribution in [0.3, 0.4) is 0 Å². The number of carbonyl (C=O) groups excluding carboxylic acids is 3. The first-order valence-electron chi connectivity index (χ1n) is 12.0. The summed E-state index contributed by atoms with van der Waals surface area (Å²) in [4.78, 5) is 48.3. The van der Waals surface area contributed by atoms with Gasteiger partial charge in [0.25, 0.3) is 11.8 Å². The number of anilines is 1. The van der Waals surface area contributed by atoms with Crippen LogP contribution in [0.2, 0.25) is 0 Å². The number of benzene rings is 1. The van der Waals surface area contributed by atoms with Gasteiger partial charge in [0.15, 0.2) is 5.69 Å². The molecule has 174 valence electrons. The number of para-hydroxylation sites is 1. The summed E-state index contributed by atoms with van der Waals surface area (Å²) < 4.78 is 1.69. The molecule has 0 saturated heterocycles. The largest absolute Gasteiger partial charge is 0.351 e. The van der Waals surface area contributed by atoms with Gasteiger partial charge in [-0.05, 0) is 44.2 Å². The smallest absolute Gasteiger partial charge is 0.279 e. The Kier molecular flexibility index (Phi) is 5.46. The lowest BCUT2D eigenvalue weighted by atomic mass is 9.93. The number of imidazole rings is 1. The molecule has 2 aromatic rings.